The highest BCUT2D eigenvalue weighted by atomic mass is 19.1. The lowest BCUT2D eigenvalue weighted by Crippen LogP contribution is -2.26. The molecular formula is C21H22F2N2O. The van der Waals surface area contributed by atoms with E-state index in [0.29, 0.717) is 12.1 Å². The molecule has 0 aliphatic carbocycles. The molecule has 3 aromatic rings. The Hall–Kier alpha value is -2.69. The van der Waals surface area contributed by atoms with Crippen LogP contribution in [0.15, 0.2) is 48.7 Å². The van der Waals surface area contributed by atoms with Gasteiger partial charge in [0.05, 0.1) is 0 Å². The third kappa shape index (κ3) is 3.93. The molecule has 1 heterocycles. The van der Waals surface area contributed by atoms with Crippen molar-refractivity contribution in [3.63, 3.8) is 0 Å². The molecule has 0 bridgehead atoms. The molecule has 0 radical (unpaired) electrons. The number of hydrogen-bond acceptors (Lipinski definition) is 1. The molecule has 1 aromatic heterocycles. The molecule has 1 amide bonds. The van der Waals surface area contributed by atoms with E-state index in [9.17, 15) is 13.6 Å². The molecule has 0 saturated heterocycles. The zero-order chi connectivity index (χ0) is 18.5. The van der Waals surface area contributed by atoms with E-state index in [4.69, 9.17) is 0 Å². The molecule has 5 heteroatoms. The minimum Gasteiger partial charge on any atom is -0.361 e. The molecule has 0 spiro atoms. The molecule has 3 rings (SSSR count). The van der Waals surface area contributed by atoms with Crippen LogP contribution >= 0.6 is 0 Å². The van der Waals surface area contributed by atoms with E-state index >= 15 is 0 Å². The van der Waals surface area contributed by atoms with Gasteiger partial charge in [-0.25, -0.2) is 8.78 Å². The molecule has 0 aliphatic heterocycles. The highest BCUT2D eigenvalue weighted by molar-refractivity contribution is 5.86. The number of rotatable bonds is 7. The van der Waals surface area contributed by atoms with Crippen LogP contribution < -0.4 is 5.32 Å². The first-order valence-corrected chi connectivity index (χ1v) is 8.87. The van der Waals surface area contributed by atoms with Gasteiger partial charge in [0.15, 0.2) is 0 Å². The predicted octanol–water partition coefficient (Wildman–Crippen LogP) is 4.88. The van der Waals surface area contributed by atoms with Crippen LogP contribution in [0.1, 0.15) is 43.2 Å². The highest BCUT2D eigenvalue weighted by Gasteiger charge is 2.24. The second-order valence-electron chi connectivity index (χ2n) is 6.42. The van der Waals surface area contributed by atoms with Crippen LogP contribution in [0.25, 0.3) is 10.9 Å². The van der Waals surface area contributed by atoms with E-state index in [2.05, 4.69) is 17.2 Å². The zero-order valence-corrected chi connectivity index (χ0v) is 14.7. The Morgan fingerprint density at radius 1 is 1.15 bits per heavy atom. The van der Waals surface area contributed by atoms with Crippen LogP contribution in [0.4, 0.5) is 8.78 Å². The number of carbonyl (C=O) groups is 1. The van der Waals surface area contributed by atoms with Crippen LogP contribution in [0.2, 0.25) is 0 Å². The summed E-state index contributed by atoms with van der Waals surface area (Å²) in [6.07, 6.45) is 3.79. The molecule has 2 aromatic carbocycles. The normalized spacial score (nSPS) is 12.3. The fourth-order valence-corrected chi connectivity index (χ4v) is 3.22. The number of unbranched alkanes of at least 4 members (excludes halogenated alkanes) is 1. The molecular weight excluding hydrogens is 334 g/mol. The predicted molar refractivity (Wildman–Crippen MR) is 99.0 cm³/mol. The Bertz CT molecular complexity index is 904. The van der Waals surface area contributed by atoms with Crippen molar-refractivity contribution in [3.05, 3.63) is 71.4 Å². The molecule has 3 nitrogen and oxygen atoms in total. The Labute approximate surface area is 151 Å². The number of fused-ring (bicyclic) bond motifs is 1. The first-order valence-electron chi connectivity index (χ1n) is 8.87. The molecule has 0 aliphatic rings. The summed E-state index contributed by atoms with van der Waals surface area (Å²) in [5, 5.41) is 3.81. The summed E-state index contributed by atoms with van der Waals surface area (Å²) >= 11 is 0. The largest absolute Gasteiger partial charge is 0.361 e. The standard InChI is InChI=1S/C21H22F2N2O/c1-2-3-10-24-21(26)12-17(15-9-8-14(22)11-19(15)23)18-13-25-20-7-5-4-6-16(18)20/h4-9,11,13,17,25H,2-3,10,12H2,1H3,(H,24,26)/t17-/m1/s1. The van der Waals surface area contributed by atoms with Gasteiger partial charge in [-0.3, -0.25) is 4.79 Å². The maximum atomic E-state index is 14.5. The highest BCUT2D eigenvalue weighted by Crippen LogP contribution is 2.34. The van der Waals surface area contributed by atoms with Gasteiger partial charge in [0.2, 0.25) is 5.91 Å². The number of H-pyrrole nitrogens is 1. The molecule has 0 fully saturated rings. The van der Waals surface area contributed by atoms with Crippen LogP contribution in [0, 0.1) is 11.6 Å². The van der Waals surface area contributed by atoms with Crippen molar-refractivity contribution in [1.29, 1.82) is 0 Å². The Balaban J connectivity index is 1.97. The summed E-state index contributed by atoms with van der Waals surface area (Å²) < 4.78 is 27.8. The molecule has 26 heavy (non-hydrogen) atoms. The first kappa shape index (κ1) is 18.1. The van der Waals surface area contributed by atoms with Crippen molar-refractivity contribution in [2.45, 2.75) is 32.1 Å². The lowest BCUT2D eigenvalue weighted by atomic mass is 9.87. The third-order valence-electron chi connectivity index (χ3n) is 4.58. The van der Waals surface area contributed by atoms with Crippen LogP contribution in [-0.4, -0.2) is 17.4 Å². The smallest absolute Gasteiger partial charge is 0.220 e. The molecule has 2 N–H and O–H groups in total. The monoisotopic (exact) mass is 356 g/mol. The van der Waals surface area contributed by atoms with E-state index in [-0.39, 0.29) is 12.3 Å². The van der Waals surface area contributed by atoms with Gasteiger partial charge < -0.3 is 10.3 Å². The van der Waals surface area contributed by atoms with Crippen molar-refractivity contribution < 1.29 is 13.6 Å². The Morgan fingerprint density at radius 2 is 1.96 bits per heavy atom. The summed E-state index contributed by atoms with van der Waals surface area (Å²) in [4.78, 5) is 15.6. The SMILES string of the molecule is CCCCNC(=O)C[C@H](c1ccc(F)cc1F)c1c[nH]c2ccccc12. The number of nitrogens with one attached hydrogen (secondary N) is 2. The van der Waals surface area contributed by atoms with Gasteiger partial charge in [0, 0.05) is 42.0 Å². The first-order chi connectivity index (χ1) is 12.6. The van der Waals surface area contributed by atoms with Crippen molar-refractivity contribution >= 4 is 16.8 Å². The lowest BCUT2D eigenvalue weighted by molar-refractivity contribution is -0.121. The summed E-state index contributed by atoms with van der Waals surface area (Å²) in [6, 6.07) is 11.2. The Kier molecular flexibility index (Phi) is 5.66. The third-order valence-corrected chi connectivity index (χ3v) is 4.58. The van der Waals surface area contributed by atoms with E-state index in [1.807, 2.05) is 24.3 Å². The number of aromatic amines is 1. The number of carbonyl (C=O) groups excluding carboxylic acids is 1. The van der Waals surface area contributed by atoms with Gasteiger partial charge in [-0.15, -0.1) is 0 Å². The van der Waals surface area contributed by atoms with Gasteiger partial charge in [-0.05, 0) is 29.7 Å². The maximum absolute atomic E-state index is 14.5. The molecule has 136 valence electrons. The fraction of sp³-hybridized carbons (Fsp3) is 0.286. The van der Waals surface area contributed by atoms with Crippen LogP contribution in [0.3, 0.4) is 0 Å². The average Bonchev–Trinajstić information content (AvgIpc) is 3.04. The summed E-state index contributed by atoms with van der Waals surface area (Å²) in [6.45, 7) is 2.65. The lowest BCUT2D eigenvalue weighted by Gasteiger charge is -2.18. The zero-order valence-electron chi connectivity index (χ0n) is 14.7. The molecule has 0 saturated carbocycles. The van der Waals surface area contributed by atoms with Crippen LogP contribution in [0.5, 0.6) is 0 Å². The second kappa shape index (κ2) is 8.13. The topological polar surface area (TPSA) is 44.9 Å². The van der Waals surface area contributed by atoms with Gasteiger partial charge in [0.1, 0.15) is 11.6 Å². The van der Waals surface area contributed by atoms with E-state index in [1.54, 1.807) is 6.20 Å². The van der Waals surface area contributed by atoms with Crippen molar-refractivity contribution in [2.24, 2.45) is 0 Å². The Morgan fingerprint density at radius 3 is 2.73 bits per heavy atom. The summed E-state index contributed by atoms with van der Waals surface area (Å²) in [7, 11) is 0. The van der Waals surface area contributed by atoms with Gasteiger partial charge in [-0.1, -0.05) is 37.6 Å². The second-order valence-corrected chi connectivity index (χ2v) is 6.42. The van der Waals surface area contributed by atoms with E-state index < -0.39 is 17.6 Å². The van der Waals surface area contributed by atoms with E-state index in [1.165, 1.54) is 12.1 Å². The fourth-order valence-electron chi connectivity index (χ4n) is 3.22. The van der Waals surface area contributed by atoms with Crippen molar-refractivity contribution in [3.8, 4) is 0 Å². The maximum Gasteiger partial charge on any atom is 0.220 e. The van der Waals surface area contributed by atoms with Gasteiger partial charge in [0.25, 0.3) is 0 Å². The molecule has 0 unspecified atom stereocenters. The summed E-state index contributed by atoms with van der Waals surface area (Å²) in [5.41, 5.74) is 2.07. The average molecular weight is 356 g/mol. The van der Waals surface area contributed by atoms with Gasteiger partial charge in [-0.2, -0.15) is 0 Å². The number of hydrogen-bond donors (Lipinski definition) is 2. The minimum absolute atomic E-state index is 0.105. The minimum atomic E-state index is -0.637. The van der Waals surface area contributed by atoms with Crippen LogP contribution in [-0.2, 0) is 4.79 Å². The van der Waals surface area contributed by atoms with Crippen molar-refractivity contribution in [2.75, 3.05) is 6.54 Å². The molecule has 1 atom stereocenters. The summed E-state index contributed by atoms with van der Waals surface area (Å²) in [5.74, 6) is -1.90. The number of amides is 1. The quantitative estimate of drug-likeness (QED) is 0.582. The number of benzene rings is 2. The number of para-hydroxylation sites is 1. The van der Waals surface area contributed by atoms with Crippen molar-refractivity contribution in [1.82, 2.24) is 10.3 Å². The van der Waals surface area contributed by atoms with E-state index in [0.717, 1.165) is 35.4 Å². The number of halogens is 2. The van der Waals surface area contributed by atoms with Gasteiger partial charge >= 0.3 is 0 Å². The number of aromatic nitrogens is 1.